The summed E-state index contributed by atoms with van der Waals surface area (Å²) in [5, 5.41) is 3.06. The van der Waals surface area contributed by atoms with Crippen LogP contribution >= 0.6 is 0 Å². The summed E-state index contributed by atoms with van der Waals surface area (Å²) < 4.78 is 33.0. The van der Waals surface area contributed by atoms with Gasteiger partial charge in [-0.25, -0.2) is 8.42 Å². The maximum Gasteiger partial charge on any atom is 0.243 e. The lowest BCUT2D eigenvalue weighted by atomic mass is 9.98. The molecule has 0 aliphatic carbocycles. The molecule has 2 aromatic rings. The van der Waals surface area contributed by atoms with Gasteiger partial charge in [0.25, 0.3) is 0 Å². The lowest BCUT2D eigenvalue weighted by Gasteiger charge is -2.31. The van der Waals surface area contributed by atoms with Crippen molar-refractivity contribution in [2.45, 2.75) is 37.8 Å². The molecule has 178 valence electrons. The van der Waals surface area contributed by atoms with E-state index in [-0.39, 0.29) is 23.3 Å². The molecule has 2 aliphatic rings. The van der Waals surface area contributed by atoms with Crippen LogP contribution in [0.25, 0.3) is 0 Å². The van der Waals surface area contributed by atoms with Crippen molar-refractivity contribution in [1.82, 2.24) is 14.5 Å². The van der Waals surface area contributed by atoms with Gasteiger partial charge in [0.05, 0.1) is 24.0 Å². The Labute approximate surface area is 196 Å². The minimum Gasteiger partial charge on any atom is -0.379 e. The fourth-order valence-electron chi connectivity index (χ4n) is 4.45. The monoisotopic (exact) mass is 471 g/mol. The lowest BCUT2D eigenvalue weighted by molar-refractivity contribution is -0.126. The molecule has 33 heavy (non-hydrogen) atoms. The molecular formula is C25H33N3O4S. The Hall–Kier alpha value is -2.26. The SMILES string of the molecule is Cc1ccc(S(=O)(=O)N2CCC[C@@H](C(=O)NCc3ccccc3CN3CCOCC3)C2)cc1. The number of rotatable bonds is 7. The molecule has 0 spiro atoms. The first-order valence-electron chi connectivity index (χ1n) is 11.6. The molecule has 0 aromatic heterocycles. The number of hydrogen-bond acceptors (Lipinski definition) is 5. The first-order chi connectivity index (χ1) is 15.9. The molecule has 4 rings (SSSR count). The molecule has 2 aliphatic heterocycles. The van der Waals surface area contributed by atoms with Crippen LogP contribution in [0.3, 0.4) is 0 Å². The first-order valence-corrected chi connectivity index (χ1v) is 13.1. The number of amides is 1. The molecule has 8 heteroatoms. The smallest absolute Gasteiger partial charge is 0.243 e. The Bertz CT molecular complexity index is 1050. The van der Waals surface area contributed by atoms with Gasteiger partial charge < -0.3 is 10.1 Å². The molecule has 2 saturated heterocycles. The minimum absolute atomic E-state index is 0.0834. The lowest BCUT2D eigenvalue weighted by Crippen LogP contribution is -2.45. The van der Waals surface area contributed by atoms with Crippen molar-refractivity contribution in [3.05, 3.63) is 65.2 Å². The molecule has 2 aromatic carbocycles. The summed E-state index contributed by atoms with van der Waals surface area (Å²) in [7, 11) is -3.60. The molecule has 0 unspecified atom stereocenters. The normalized spacial score (nSPS) is 20.5. The van der Waals surface area contributed by atoms with E-state index in [1.807, 2.05) is 25.1 Å². The summed E-state index contributed by atoms with van der Waals surface area (Å²) >= 11 is 0. The summed E-state index contributed by atoms with van der Waals surface area (Å²) in [6, 6.07) is 15.0. The third kappa shape index (κ3) is 6.00. The Morgan fingerprint density at radius 1 is 1.03 bits per heavy atom. The molecule has 1 atom stereocenters. The molecule has 1 N–H and O–H groups in total. The number of nitrogens with zero attached hydrogens (tertiary/aromatic N) is 2. The Kier molecular flexibility index (Phi) is 7.80. The minimum atomic E-state index is -3.60. The standard InChI is InChI=1S/C25H33N3O4S/c1-20-8-10-24(11-9-20)33(30,31)28-12-4-7-23(19-28)25(29)26-17-21-5-2-3-6-22(21)18-27-13-15-32-16-14-27/h2-3,5-6,8-11,23H,4,7,12-19H2,1H3,(H,26,29)/t23-/m1/s1. The van der Waals surface area contributed by atoms with Crippen molar-refractivity contribution in [2.24, 2.45) is 5.92 Å². The van der Waals surface area contributed by atoms with Crippen LogP contribution in [0.15, 0.2) is 53.4 Å². The van der Waals surface area contributed by atoms with Crippen LogP contribution < -0.4 is 5.32 Å². The number of ether oxygens (including phenoxy) is 1. The Morgan fingerprint density at radius 2 is 1.73 bits per heavy atom. The number of piperidine rings is 1. The highest BCUT2D eigenvalue weighted by Gasteiger charge is 2.33. The van der Waals surface area contributed by atoms with E-state index in [2.05, 4.69) is 16.3 Å². The number of benzene rings is 2. The van der Waals surface area contributed by atoms with Gasteiger partial charge in [0, 0.05) is 39.3 Å². The molecule has 7 nitrogen and oxygen atoms in total. The summed E-state index contributed by atoms with van der Waals surface area (Å²) in [4.78, 5) is 15.6. The van der Waals surface area contributed by atoms with Gasteiger partial charge in [-0.2, -0.15) is 4.31 Å². The predicted octanol–water partition coefficient (Wildman–Crippen LogP) is 2.54. The summed E-state index contributed by atoms with van der Waals surface area (Å²) in [5.74, 6) is -0.426. The zero-order valence-corrected chi connectivity index (χ0v) is 20.0. The van der Waals surface area contributed by atoms with E-state index in [0.29, 0.717) is 25.9 Å². The third-order valence-electron chi connectivity index (χ3n) is 6.48. The fourth-order valence-corrected chi connectivity index (χ4v) is 5.97. The van der Waals surface area contributed by atoms with E-state index in [0.717, 1.165) is 44.0 Å². The second kappa shape index (κ2) is 10.8. The predicted molar refractivity (Wildman–Crippen MR) is 127 cm³/mol. The maximum absolute atomic E-state index is 13.1. The van der Waals surface area contributed by atoms with E-state index in [9.17, 15) is 13.2 Å². The van der Waals surface area contributed by atoms with E-state index in [1.54, 1.807) is 24.3 Å². The number of morpholine rings is 1. The summed E-state index contributed by atoms with van der Waals surface area (Å²) in [5.41, 5.74) is 3.31. The molecule has 1 amide bonds. The summed E-state index contributed by atoms with van der Waals surface area (Å²) in [6.07, 6.45) is 1.37. The van der Waals surface area contributed by atoms with Gasteiger partial charge in [-0.05, 0) is 43.0 Å². The van der Waals surface area contributed by atoms with E-state index < -0.39 is 10.0 Å². The van der Waals surface area contributed by atoms with Crippen LogP contribution in [0.1, 0.15) is 29.5 Å². The van der Waals surface area contributed by atoms with E-state index in [1.165, 1.54) is 9.87 Å². The largest absolute Gasteiger partial charge is 0.379 e. The number of sulfonamides is 1. The van der Waals surface area contributed by atoms with E-state index in [4.69, 9.17) is 4.74 Å². The van der Waals surface area contributed by atoms with Gasteiger partial charge in [0.15, 0.2) is 0 Å². The maximum atomic E-state index is 13.1. The molecule has 2 fully saturated rings. The van der Waals surface area contributed by atoms with Crippen LogP contribution in [0.4, 0.5) is 0 Å². The van der Waals surface area contributed by atoms with Gasteiger partial charge in [0.1, 0.15) is 0 Å². The Morgan fingerprint density at radius 3 is 2.45 bits per heavy atom. The van der Waals surface area contributed by atoms with Crippen LogP contribution in [0.5, 0.6) is 0 Å². The molecule has 0 radical (unpaired) electrons. The topological polar surface area (TPSA) is 79.0 Å². The number of carbonyl (C=O) groups is 1. The van der Waals surface area contributed by atoms with Gasteiger partial charge in [-0.1, -0.05) is 42.0 Å². The molecule has 0 bridgehead atoms. The van der Waals surface area contributed by atoms with Crippen molar-refractivity contribution in [2.75, 3.05) is 39.4 Å². The van der Waals surface area contributed by atoms with Crippen LogP contribution in [0.2, 0.25) is 0 Å². The summed E-state index contributed by atoms with van der Waals surface area (Å²) in [6.45, 7) is 7.20. The fraction of sp³-hybridized carbons (Fsp3) is 0.480. The molecule has 0 saturated carbocycles. The molecular weight excluding hydrogens is 438 g/mol. The third-order valence-corrected chi connectivity index (χ3v) is 8.36. The van der Waals surface area contributed by atoms with E-state index >= 15 is 0 Å². The van der Waals surface area contributed by atoms with Crippen molar-refractivity contribution in [3.8, 4) is 0 Å². The zero-order chi connectivity index (χ0) is 23.3. The second-order valence-corrected chi connectivity index (χ2v) is 10.8. The van der Waals surface area contributed by atoms with Gasteiger partial charge in [-0.15, -0.1) is 0 Å². The quantitative estimate of drug-likeness (QED) is 0.672. The highest BCUT2D eigenvalue weighted by molar-refractivity contribution is 7.89. The number of hydrogen-bond donors (Lipinski definition) is 1. The average molecular weight is 472 g/mol. The van der Waals surface area contributed by atoms with Crippen molar-refractivity contribution < 1.29 is 17.9 Å². The number of carbonyl (C=O) groups excluding carboxylic acids is 1. The van der Waals surface area contributed by atoms with Crippen LogP contribution in [-0.2, 0) is 32.6 Å². The Balaban J connectivity index is 1.37. The van der Waals surface area contributed by atoms with Gasteiger partial charge >= 0.3 is 0 Å². The van der Waals surface area contributed by atoms with Gasteiger partial charge in [0.2, 0.25) is 15.9 Å². The van der Waals surface area contributed by atoms with Crippen LogP contribution in [0, 0.1) is 12.8 Å². The number of aryl methyl sites for hydroxylation is 1. The average Bonchev–Trinajstić information content (AvgIpc) is 2.84. The molecule has 2 heterocycles. The zero-order valence-electron chi connectivity index (χ0n) is 19.2. The van der Waals surface area contributed by atoms with Crippen molar-refractivity contribution >= 4 is 15.9 Å². The number of nitrogens with one attached hydrogen (secondary N) is 1. The van der Waals surface area contributed by atoms with Crippen molar-refractivity contribution in [3.63, 3.8) is 0 Å². The highest BCUT2D eigenvalue weighted by atomic mass is 32.2. The second-order valence-electron chi connectivity index (χ2n) is 8.89. The first kappa shape index (κ1) is 23.9. The van der Waals surface area contributed by atoms with Crippen molar-refractivity contribution in [1.29, 1.82) is 0 Å². The van der Waals surface area contributed by atoms with Gasteiger partial charge in [-0.3, -0.25) is 9.69 Å². The van der Waals surface area contributed by atoms with Crippen LogP contribution in [-0.4, -0.2) is 62.9 Å². The highest BCUT2D eigenvalue weighted by Crippen LogP contribution is 2.24.